The summed E-state index contributed by atoms with van der Waals surface area (Å²) < 4.78 is 1.29. The first-order valence-electron chi connectivity index (χ1n) is 2.14. The summed E-state index contributed by atoms with van der Waals surface area (Å²) in [5.74, 6) is 0. The molecule has 1 aromatic rings. The molecule has 0 saturated heterocycles. The lowest BCUT2D eigenvalue weighted by Crippen LogP contribution is -2.25. The lowest BCUT2D eigenvalue weighted by atomic mass is 10.5. The van der Waals surface area contributed by atoms with Crippen molar-refractivity contribution in [2.75, 3.05) is 0 Å². The summed E-state index contributed by atoms with van der Waals surface area (Å²) in [5, 5.41) is 10.5. The van der Waals surface area contributed by atoms with Crippen molar-refractivity contribution in [2.24, 2.45) is 0 Å². The first-order chi connectivity index (χ1) is 3.80. The second-order valence-electron chi connectivity index (χ2n) is 1.35. The Hall–Kier alpha value is -0.280. The van der Waals surface area contributed by atoms with Gasteiger partial charge in [0.15, 0.2) is 6.20 Å². The fourth-order valence-electron chi connectivity index (χ4n) is 0.407. The van der Waals surface area contributed by atoms with Gasteiger partial charge < -0.3 is 5.21 Å². The summed E-state index contributed by atoms with van der Waals surface area (Å²) >= 11 is 3.05. The number of nitrogens with zero attached hydrogens (tertiary/aromatic N) is 1. The predicted molar refractivity (Wildman–Crippen MR) is 40.4 cm³/mol. The maximum Gasteiger partial charge on any atom is 0.259 e. The van der Waals surface area contributed by atoms with Crippen molar-refractivity contribution in [1.82, 2.24) is 0 Å². The van der Waals surface area contributed by atoms with Gasteiger partial charge in [-0.15, -0.1) is 12.4 Å². The molecular weight excluding hydrogens is 205 g/mol. The number of rotatable bonds is 0. The number of halogens is 2. The first-order valence-corrected chi connectivity index (χ1v) is 2.94. The molecule has 0 fully saturated rings. The zero-order valence-corrected chi connectivity index (χ0v) is 6.85. The van der Waals surface area contributed by atoms with Gasteiger partial charge in [0, 0.05) is 28.1 Å². The van der Waals surface area contributed by atoms with E-state index in [9.17, 15) is 5.21 Å². The molecule has 1 heterocycles. The van der Waals surface area contributed by atoms with E-state index in [1.54, 1.807) is 18.2 Å². The molecule has 0 aliphatic rings. The van der Waals surface area contributed by atoms with Crippen molar-refractivity contribution >= 4 is 28.3 Å². The monoisotopic (exact) mass is 209 g/mol. The first kappa shape index (κ1) is 8.72. The van der Waals surface area contributed by atoms with Crippen LogP contribution in [0.25, 0.3) is 0 Å². The van der Waals surface area contributed by atoms with E-state index in [1.807, 2.05) is 0 Å². The molecule has 0 bridgehead atoms. The molecule has 4 heteroatoms. The third kappa shape index (κ3) is 2.20. The van der Waals surface area contributed by atoms with Crippen molar-refractivity contribution in [3.05, 3.63) is 34.2 Å². The van der Waals surface area contributed by atoms with Gasteiger partial charge in [0.05, 0.1) is 0 Å². The van der Waals surface area contributed by atoms with Crippen LogP contribution in [0.15, 0.2) is 29.0 Å². The van der Waals surface area contributed by atoms with Gasteiger partial charge in [-0.1, -0.05) is 0 Å². The second-order valence-corrected chi connectivity index (χ2v) is 2.16. The zero-order chi connectivity index (χ0) is 5.98. The molecule has 1 rings (SSSR count). The molecule has 0 aromatic carbocycles. The van der Waals surface area contributed by atoms with Crippen molar-refractivity contribution in [1.29, 1.82) is 0 Å². The van der Waals surface area contributed by atoms with E-state index < -0.39 is 0 Å². The lowest BCUT2D eigenvalue weighted by molar-refractivity contribution is -0.617. The third-order valence-electron chi connectivity index (χ3n) is 0.777. The van der Waals surface area contributed by atoms with E-state index in [4.69, 9.17) is 0 Å². The van der Waals surface area contributed by atoms with Crippen molar-refractivity contribution in [3.8, 4) is 0 Å². The minimum Gasteiger partial charge on any atom is -0.618 e. The number of aromatic nitrogens is 1. The Morgan fingerprint density at radius 2 is 2.11 bits per heavy atom. The maximum absolute atomic E-state index is 10.5. The molecule has 0 aliphatic heterocycles. The molecule has 50 valence electrons. The van der Waals surface area contributed by atoms with Crippen LogP contribution in [0.3, 0.4) is 0 Å². The molecule has 2 nitrogen and oxygen atoms in total. The number of hydrogen-bond acceptors (Lipinski definition) is 1. The minimum atomic E-state index is 0. The second kappa shape index (κ2) is 3.69. The van der Waals surface area contributed by atoms with E-state index in [0.29, 0.717) is 4.60 Å². The highest BCUT2D eigenvalue weighted by atomic mass is 79.9. The van der Waals surface area contributed by atoms with Crippen LogP contribution in [0.1, 0.15) is 0 Å². The highest BCUT2D eigenvalue weighted by Gasteiger charge is 1.92. The molecule has 9 heavy (non-hydrogen) atoms. The van der Waals surface area contributed by atoms with Crippen LogP contribution in [-0.2, 0) is 0 Å². The Balaban J connectivity index is 0.000000640. The van der Waals surface area contributed by atoms with Crippen LogP contribution in [-0.4, -0.2) is 0 Å². The Morgan fingerprint density at radius 1 is 1.44 bits per heavy atom. The minimum absolute atomic E-state index is 0. The van der Waals surface area contributed by atoms with Gasteiger partial charge in [0.25, 0.3) is 4.60 Å². The largest absolute Gasteiger partial charge is 0.618 e. The number of pyridine rings is 1. The number of hydrogen-bond donors (Lipinski definition) is 0. The van der Waals surface area contributed by atoms with E-state index in [-0.39, 0.29) is 12.4 Å². The normalized spacial score (nSPS) is 8.11. The van der Waals surface area contributed by atoms with Crippen LogP contribution in [0.5, 0.6) is 0 Å². The van der Waals surface area contributed by atoms with Crippen molar-refractivity contribution < 1.29 is 4.73 Å². The summed E-state index contributed by atoms with van der Waals surface area (Å²) in [7, 11) is 0. The van der Waals surface area contributed by atoms with Gasteiger partial charge in [-0.25, -0.2) is 0 Å². The molecule has 0 aliphatic carbocycles. The molecule has 0 radical (unpaired) electrons. The van der Waals surface area contributed by atoms with E-state index in [0.717, 1.165) is 4.73 Å². The van der Waals surface area contributed by atoms with Gasteiger partial charge in [-0.05, 0) is 6.07 Å². The van der Waals surface area contributed by atoms with Crippen LogP contribution in [0, 0.1) is 5.21 Å². The third-order valence-corrected chi connectivity index (χ3v) is 1.39. The molecule has 0 amide bonds. The zero-order valence-electron chi connectivity index (χ0n) is 4.45. The molecule has 1 aromatic heterocycles. The summed E-state index contributed by atoms with van der Waals surface area (Å²) in [6, 6.07) is 5.16. The Bertz CT molecular complexity index is 173. The topological polar surface area (TPSA) is 26.9 Å². The molecule has 0 saturated carbocycles. The van der Waals surface area contributed by atoms with E-state index in [1.165, 1.54) is 6.20 Å². The predicted octanol–water partition coefficient (Wildman–Crippen LogP) is 1.50. The maximum atomic E-state index is 10.5. The summed E-state index contributed by atoms with van der Waals surface area (Å²) in [5.41, 5.74) is 0. The molecular formula is C5H5BrClNO. The van der Waals surface area contributed by atoms with E-state index >= 15 is 0 Å². The summed E-state index contributed by atoms with van der Waals surface area (Å²) in [4.78, 5) is 0. The van der Waals surface area contributed by atoms with Crippen LogP contribution < -0.4 is 4.73 Å². The fraction of sp³-hybridized carbons (Fsp3) is 0. The SMILES string of the molecule is Cl.[O-][n+]1ccccc1Br. The Morgan fingerprint density at radius 3 is 2.44 bits per heavy atom. The standard InChI is InChI=1S/C5H4BrNO.ClH/c6-5-3-1-2-4-7(5)8;/h1-4H;1H. The average molecular weight is 210 g/mol. The van der Waals surface area contributed by atoms with Crippen LogP contribution in [0.2, 0.25) is 0 Å². The summed E-state index contributed by atoms with van der Waals surface area (Å²) in [6.45, 7) is 0. The van der Waals surface area contributed by atoms with Gasteiger partial charge in [0.1, 0.15) is 0 Å². The van der Waals surface area contributed by atoms with Gasteiger partial charge >= 0.3 is 0 Å². The summed E-state index contributed by atoms with van der Waals surface area (Å²) in [6.07, 6.45) is 1.43. The lowest BCUT2D eigenvalue weighted by Gasteiger charge is -1.93. The van der Waals surface area contributed by atoms with Gasteiger partial charge in [-0.3, -0.25) is 0 Å². The van der Waals surface area contributed by atoms with Crippen molar-refractivity contribution in [2.45, 2.75) is 0 Å². The van der Waals surface area contributed by atoms with E-state index in [2.05, 4.69) is 15.9 Å². The fourth-order valence-corrected chi connectivity index (χ4v) is 0.678. The van der Waals surface area contributed by atoms with Gasteiger partial charge in [0.2, 0.25) is 0 Å². The van der Waals surface area contributed by atoms with Crippen molar-refractivity contribution in [3.63, 3.8) is 0 Å². The highest BCUT2D eigenvalue weighted by molar-refractivity contribution is 9.10. The molecule has 0 unspecified atom stereocenters. The Labute approximate surface area is 67.6 Å². The molecule has 0 spiro atoms. The molecule has 0 N–H and O–H groups in total. The average Bonchev–Trinajstić information content (AvgIpc) is 1.77. The smallest absolute Gasteiger partial charge is 0.259 e. The van der Waals surface area contributed by atoms with Crippen LogP contribution in [0.4, 0.5) is 0 Å². The van der Waals surface area contributed by atoms with Crippen LogP contribution >= 0.6 is 28.3 Å². The quantitative estimate of drug-likeness (QED) is 0.362. The highest BCUT2D eigenvalue weighted by Crippen LogP contribution is 1.98. The Kier molecular flexibility index (Phi) is 3.58. The van der Waals surface area contributed by atoms with Gasteiger partial charge in [-0.2, -0.15) is 4.73 Å². The molecule has 0 atom stereocenters.